The van der Waals surface area contributed by atoms with Gasteiger partial charge in [-0.1, -0.05) is 31.4 Å². The number of rotatable bonds is 7. The van der Waals surface area contributed by atoms with E-state index in [0.717, 1.165) is 25.8 Å². The van der Waals surface area contributed by atoms with E-state index in [9.17, 15) is 14.3 Å². The zero-order chi connectivity index (χ0) is 17.0. The molecule has 128 valence electrons. The summed E-state index contributed by atoms with van der Waals surface area (Å²) in [6, 6.07) is 4.12. The Morgan fingerprint density at radius 1 is 1.52 bits per heavy atom. The van der Waals surface area contributed by atoms with Crippen molar-refractivity contribution in [3.05, 3.63) is 34.6 Å². The summed E-state index contributed by atoms with van der Waals surface area (Å²) >= 11 is 5.78. The zero-order valence-corrected chi connectivity index (χ0v) is 14.4. The Labute approximate surface area is 141 Å². The van der Waals surface area contributed by atoms with Gasteiger partial charge < -0.3 is 10.0 Å². The van der Waals surface area contributed by atoms with E-state index in [1.807, 2.05) is 0 Å². The van der Waals surface area contributed by atoms with E-state index in [0.29, 0.717) is 18.7 Å². The molecular weight excluding hydrogens is 319 g/mol. The lowest BCUT2D eigenvalue weighted by molar-refractivity contribution is -0.0114. The van der Waals surface area contributed by atoms with Crippen molar-refractivity contribution in [2.24, 2.45) is 0 Å². The van der Waals surface area contributed by atoms with Crippen molar-refractivity contribution < 1.29 is 14.3 Å². The molecule has 4 nitrogen and oxygen atoms in total. The maximum atomic E-state index is 13.3. The highest BCUT2D eigenvalue weighted by Crippen LogP contribution is 2.20. The van der Waals surface area contributed by atoms with Gasteiger partial charge in [0.25, 0.3) is 5.91 Å². The molecule has 6 heteroatoms. The van der Waals surface area contributed by atoms with E-state index in [-0.39, 0.29) is 23.1 Å². The summed E-state index contributed by atoms with van der Waals surface area (Å²) in [5, 5.41) is 9.38. The van der Waals surface area contributed by atoms with Crippen LogP contribution in [0.1, 0.15) is 36.5 Å². The molecule has 1 amide bonds. The van der Waals surface area contributed by atoms with Gasteiger partial charge in [0, 0.05) is 38.3 Å². The Morgan fingerprint density at radius 3 is 2.78 bits per heavy atom. The summed E-state index contributed by atoms with van der Waals surface area (Å²) in [7, 11) is 1.77. The summed E-state index contributed by atoms with van der Waals surface area (Å²) in [5.41, 5.74) is 0.393. The molecule has 1 aromatic rings. The highest BCUT2D eigenvalue weighted by atomic mass is 35.5. The minimum Gasteiger partial charge on any atom is -0.390 e. The van der Waals surface area contributed by atoms with Crippen LogP contribution in [0, 0.1) is 5.82 Å². The van der Waals surface area contributed by atoms with Gasteiger partial charge in [-0.3, -0.25) is 9.69 Å². The van der Waals surface area contributed by atoms with Crippen LogP contribution in [0.2, 0.25) is 5.02 Å². The number of halogens is 2. The summed E-state index contributed by atoms with van der Waals surface area (Å²) in [5.74, 6) is -0.683. The summed E-state index contributed by atoms with van der Waals surface area (Å²) < 4.78 is 13.3. The van der Waals surface area contributed by atoms with E-state index >= 15 is 0 Å². The summed E-state index contributed by atoms with van der Waals surface area (Å²) in [6.07, 6.45) is 2.74. The molecule has 0 spiro atoms. The number of nitrogens with zero attached hydrogens (tertiary/aromatic N) is 2. The van der Waals surface area contributed by atoms with Crippen LogP contribution < -0.4 is 0 Å². The van der Waals surface area contributed by atoms with Crippen molar-refractivity contribution in [3.63, 3.8) is 0 Å². The molecule has 0 aromatic heterocycles. The fraction of sp³-hybridized carbons (Fsp3) is 0.588. The number of benzene rings is 1. The van der Waals surface area contributed by atoms with Gasteiger partial charge in [0.1, 0.15) is 5.82 Å². The lowest BCUT2D eigenvalue weighted by atomic mass is 10.0. The Balaban J connectivity index is 2.06. The molecule has 2 rings (SSSR count). The highest BCUT2D eigenvalue weighted by Gasteiger charge is 2.29. The quantitative estimate of drug-likeness (QED) is 0.828. The third-order valence-electron chi connectivity index (χ3n) is 4.33. The summed E-state index contributed by atoms with van der Waals surface area (Å²) in [6.45, 7) is 4.18. The molecule has 1 aliphatic heterocycles. The average Bonchev–Trinajstić information content (AvgIpc) is 2.50. The molecule has 1 heterocycles. The van der Waals surface area contributed by atoms with Crippen molar-refractivity contribution in [3.8, 4) is 0 Å². The van der Waals surface area contributed by atoms with Gasteiger partial charge in [0.2, 0.25) is 0 Å². The van der Waals surface area contributed by atoms with Gasteiger partial charge in [-0.15, -0.1) is 0 Å². The van der Waals surface area contributed by atoms with Gasteiger partial charge in [-0.25, -0.2) is 4.39 Å². The fourth-order valence-electron chi connectivity index (χ4n) is 2.84. The number of aliphatic hydroxyl groups is 1. The van der Waals surface area contributed by atoms with E-state index < -0.39 is 5.82 Å². The molecule has 1 N–H and O–H groups in total. The number of likely N-dealkylation sites (N-methyl/N-ethyl adjacent to an activating group) is 1. The van der Waals surface area contributed by atoms with Crippen molar-refractivity contribution in [1.29, 1.82) is 0 Å². The second kappa shape index (κ2) is 8.08. The van der Waals surface area contributed by atoms with E-state index in [1.165, 1.54) is 18.2 Å². The van der Waals surface area contributed by atoms with Crippen molar-refractivity contribution in [2.75, 3.05) is 26.7 Å². The Morgan fingerprint density at radius 2 is 2.22 bits per heavy atom. The minimum absolute atomic E-state index is 0.0415. The maximum absolute atomic E-state index is 13.3. The van der Waals surface area contributed by atoms with Crippen molar-refractivity contribution in [2.45, 2.75) is 38.3 Å². The van der Waals surface area contributed by atoms with Crippen LogP contribution in [0.25, 0.3) is 0 Å². The van der Waals surface area contributed by atoms with Gasteiger partial charge in [0.05, 0.1) is 11.1 Å². The third kappa shape index (κ3) is 4.66. The Kier molecular flexibility index (Phi) is 6.39. The van der Waals surface area contributed by atoms with Gasteiger partial charge >= 0.3 is 0 Å². The van der Waals surface area contributed by atoms with Crippen LogP contribution >= 0.6 is 11.6 Å². The fourth-order valence-corrected chi connectivity index (χ4v) is 3.02. The first-order valence-electron chi connectivity index (χ1n) is 8.05. The Bertz CT molecular complexity index is 549. The first-order chi connectivity index (χ1) is 10.9. The molecule has 23 heavy (non-hydrogen) atoms. The second-order valence-corrected chi connectivity index (χ2v) is 6.62. The molecule has 1 fully saturated rings. The first-order valence-corrected chi connectivity index (χ1v) is 8.42. The maximum Gasteiger partial charge on any atom is 0.253 e. The number of carbonyl (C=O) groups is 1. The number of hydrogen-bond acceptors (Lipinski definition) is 3. The highest BCUT2D eigenvalue weighted by molar-refractivity contribution is 6.31. The predicted molar refractivity (Wildman–Crippen MR) is 89.3 cm³/mol. The van der Waals surface area contributed by atoms with Crippen LogP contribution in [-0.2, 0) is 0 Å². The third-order valence-corrected chi connectivity index (χ3v) is 4.62. The van der Waals surface area contributed by atoms with Crippen LogP contribution in [0.15, 0.2) is 18.2 Å². The van der Waals surface area contributed by atoms with E-state index in [1.54, 1.807) is 11.9 Å². The predicted octanol–water partition coefficient (Wildman–Crippen LogP) is 2.79. The van der Waals surface area contributed by atoms with Gasteiger partial charge in [-0.2, -0.15) is 0 Å². The molecule has 1 saturated heterocycles. The van der Waals surface area contributed by atoms with Gasteiger partial charge in [-0.05, 0) is 24.6 Å². The Hall–Kier alpha value is -1.17. The average molecular weight is 343 g/mol. The molecular formula is C17H24ClFN2O2. The smallest absolute Gasteiger partial charge is 0.253 e. The van der Waals surface area contributed by atoms with E-state index in [2.05, 4.69) is 11.8 Å². The number of hydrogen-bond donors (Lipinski definition) is 1. The van der Waals surface area contributed by atoms with Crippen molar-refractivity contribution >= 4 is 17.5 Å². The van der Waals surface area contributed by atoms with Gasteiger partial charge in [0.15, 0.2) is 0 Å². The zero-order valence-electron chi connectivity index (χ0n) is 13.6. The lowest BCUT2D eigenvalue weighted by Crippen LogP contribution is -2.55. The van der Waals surface area contributed by atoms with Crippen LogP contribution in [-0.4, -0.2) is 59.6 Å². The molecule has 0 saturated carbocycles. The standard InChI is InChI=1S/C17H24ClFN2O2/c1-3-4-5-13(9-21-10-14(22)11-21)20(2)17(23)12-6-7-16(19)15(18)8-12/h6-8,13-14,22H,3-5,9-11H2,1-2H3. The summed E-state index contributed by atoms with van der Waals surface area (Å²) in [4.78, 5) is 16.5. The monoisotopic (exact) mass is 342 g/mol. The van der Waals surface area contributed by atoms with Crippen LogP contribution in [0.3, 0.4) is 0 Å². The number of β-amino-alcohol motifs (C(OH)–C–C–N with tert-alkyl or cyclic N) is 1. The number of aliphatic hydroxyl groups excluding tert-OH is 1. The number of carbonyl (C=O) groups excluding carboxylic acids is 1. The van der Waals surface area contributed by atoms with E-state index in [4.69, 9.17) is 11.6 Å². The molecule has 0 radical (unpaired) electrons. The topological polar surface area (TPSA) is 43.8 Å². The normalized spacial score (nSPS) is 16.9. The number of unbranched alkanes of at least 4 members (excludes halogenated alkanes) is 1. The lowest BCUT2D eigenvalue weighted by Gasteiger charge is -2.40. The molecule has 0 bridgehead atoms. The van der Waals surface area contributed by atoms with Crippen LogP contribution in [0.5, 0.6) is 0 Å². The molecule has 1 atom stereocenters. The molecule has 0 aliphatic carbocycles. The number of likely N-dealkylation sites (tertiary alicyclic amines) is 1. The largest absolute Gasteiger partial charge is 0.390 e. The first kappa shape index (κ1) is 18.2. The molecule has 1 unspecified atom stereocenters. The second-order valence-electron chi connectivity index (χ2n) is 6.21. The van der Waals surface area contributed by atoms with Crippen LogP contribution in [0.4, 0.5) is 4.39 Å². The number of amides is 1. The molecule has 1 aliphatic rings. The molecule has 1 aromatic carbocycles. The SMILES string of the molecule is CCCCC(CN1CC(O)C1)N(C)C(=O)c1ccc(F)c(Cl)c1. The minimum atomic E-state index is -0.525. The van der Waals surface area contributed by atoms with Crippen molar-refractivity contribution in [1.82, 2.24) is 9.80 Å².